The molecule has 184 valence electrons. The van der Waals surface area contributed by atoms with Gasteiger partial charge in [0, 0.05) is 59.4 Å². The third kappa shape index (κ3) is 4.02. The van der Waals surface area contributed by atoms with Crippen molar-refractivity contribution in [2.75, 3.05) is 30.3 Å². The Hall–Kier alpha value is -3.42. The van der Waals surface area contributed by atoms with E-state index in [4.69, 9.17) is 11.6 Å². The topological polar surface area (TPSA) is 82.2 Å². The molecule has 0 spiro atoms. The second-order valence-electron chi connectivity index (χ2n) is 8.50. The molecular formula is C25H20ClF2N5O2S. The number of anilines is 1. The lowest BCUT2D eigenvalue weighted by molar-refractivity contribution is -0.126. The van der Waals surface area contributed by atoms with Crippen LogP contribution in [0.3, 0.4) is 0 Å². The number of amides is 1. The molecular weight excluding hydrogens is 508 g/mol. The molecule has 0 N–H and O–H groups in total. The SMILES string of the molecule is C=CC(=O)N1CCN(c2nc(=O)n3c4c(c(-c5ccc(F)cc5F)c(Cl)cc24)SCC3)C(CC#N)C1. The third-order valence-electron chi connectivity index (χ3n) is 6.48. The van der Waals surface area contributed by atoms with E-state index in [-0.39, 0.29) is 29.5 Å². The van der Waals surface area contributed by atoms with Crippen LogP contribution < -0.4 is 10.6 Å². The molecule has 11 heteroatoms. The molecule has 1 fully saturated rings. The van der Waals surface area contributed by atoms with Crippen LogP contribution in [-0.2, 0) is 11.3 Å². The summed E-state index contributed by atoms with van der Waals surface area (Å²) >= 11 is 8.16. The van der Waals surface area contributed by atoms with Crippen LogP contribution in [0, 0.1) is 23.0 Å². The normalized spacial score (nSPS) is 17.2. The summed E-state index contributed by atoms with van der Waals surface area (Å²) in [6, 6.07) is 6.72. The lowest BCUT2D eigenvalue weighted by Gasteiger charge is -2.41. The van der Waals surface area contributed by atoms with Crippen LogP contribution in [0.4, 0.5) is 14.6 Å². The Morgan fingerprint density at radius 2 is 2.11 bits per heavy atom. The van der Waals surface area contributed by atoms with Crippen LogP contribution in [0.2, 0.25) is 5.02 Å². The van der Waals surface area contributed by atoms with E-state index in [1.165, 1.54) is 30.0 Å². The fraction of sp³-hybridized carbons (Fsp3) is 0.280. The fourth-order valence-corrected chi connectivity index (χ4v) is 6.41. The summed E-state index contributed by atoms with van der Waals surface area (Å²) in [4.78, 5) is 33.8. The average Bonchev–Trinajstić information content (AvgIpc) is 2.86. The number of halogens is 3. The first-order valence-corrected chi connectivity index (χ1v) is 12.6. The van der Waals surface area contributed by atoms with Crippen LogP contribution in [0.5, 0.6) is 0 Å². The Labute approximate surface area is 214 Å². The van der Waals surface area contributed by atoms with Crippen molar-refractivity contribution in [3.63, 3.8) is 0 Å². The zero-order chi connectivity index (χ0) is 25.6. The zero-order valence-electron chi connectivity index (χ0n) is 19.0. The zero-order valence-corrected chi connectivity index (χ0v) is 20.6. The Bertz CT molecular complexity index is 1520. The molecule has 2 aliphatic heterocycles. The van der Waals surface area contributed by atoms with Gasteiger partial charge in [-0.15, -0.1) is 11.8 Å². The highest BCUT2D eigenvalue weighted by molar-refractivity contribution is 7.99. The number of nitriles is 1. The Kier molecular flexibility index (Phi) is 6.45. The van der Waals surface area contributed by atoms with Crippen LogP contribution in [0.15, 0.2) is 46.6 Å². The first-order chi connectivity index (χ1) is 17.3. The second-order valence-corrected chi connectivity index (χ2v) is 10.0. The highest BCUT2D eigenvalue weighted by atomic mass is 35.5. The Morgan fingerprint density at radius 1 is 1.31 bits per heavy atom. The van der Waals surface area contributed by atoms with E-state index in [0.717, 1.165) is 6.07 Å². The number of thioether (sulfide) groups is 1. The highest BCUT2D eigenvalue weighted by Crippen LogP contribution is 2.46. The van der Waals surface area contributed by atoms with Crippen molar-refractivity contribution in [1.29, 1.82) is 5.26 Å². The maximum atomic E-state index is 14.8. The van der Waals surface area contributed by atoms with Crippen LogP contribution in [-0.4, -0.2) is 51.8 Å². The van der Waals surface area contributed by atoms with Crippen molar-refractivity contribution >= 4 is 46.0 Å². The van der Waals surface area contributed by atoms with Gasteiger partial charge >= 0.3 is 5.69 Å². The number of benzene rings is 2. The number of rotatable bonds is 4. The van der Waals surface area contributed by atoms with Gasteiger partial charge < -0.3 is 9.80 Å². The summed E-state index contributed by atoms with van der Waals surface area (Å²) in [5.74, 6) is -0.755. The number of nitrogens with zero attached hydrogens (tertiary/aromatic N) is 5. The molecule has 7 nitrogen and oxygen atoms in total. The number of carbonyl (C=O) groups is 1. The molecule has 1 amide bonds. The van der Waals surface area contributed by atoms with Gasteiger partial charge in [0.1, 0.15) is 17.5 Å². The van der Waals surface area contributed by atoms with Crippen molar-refractivity contribution in [3.05, 3.63) is 64.1 Å². The van der Waals surface area contributed by atoms with Gasteiger partial charge in [-0.1, -0.05) is 18.2 Å². The molecule has 36 heavy (non-hydrogen) atoms. The maximum absolute atomic E-state index is 14.8. The van der Waals surface area contributed by atoms with Gasteiger partial charge in [0.15, 0.2) is 0 Å². The Morgan fingerprint density at radius 3 is 2.83 bits per heavy atom. The summed E-state index contributed by atoms with van der Waals surface area (Å²) in [6.45, 7) is 4.95. The van der Waals surface area contributed by atoms with Gasteiger partial charge in [-0.25, -0.2) is 13.6 Å². The lowest BCUT2D eigenvalue weighted by atomic mass is 10.0. The van der Waals surface area contributed by atoms with Crippen molar-refractivity contribution in [3.8, 4) is 17.2 Å². The summed E-state index contributed by atoms with van der Waals surface area (Å²) < 4.78 is 29.9. The molecule has 3 aromatic rings. The van der Waals surface area contributed by atoms with Gasteiger partial charge in [-0.2, -0.15) is 10.2 Å². The molecule has 2 aromatic carbocycles. The van der Waals surface area contributed by atoms with Gasteiger partial charge in [-0.3, -0.25) is 9.36 Å². The number of hydrogen-bond acceptors (Lipinski definition) is 6. The summed E-state index contributed by atoms with van der Waals surface area (Å²) in [6.07, 6.45) is 1.35. The average molecular weight is 528 g/mol. The van der Waals surface area contributed by atoms with E-state index in [9.17, 15) is 23.6 Å². The standard InChI is InChI=1S/C25H20ClF2N5O2S/c1-2-20(34)31-7-8-32(15(13-31)5-6-29)24-17-12-18(26)21(16-4-3-14(27)11-19(16)28)23-22(17)33(9-10-36-23)25(35)30-24/h2-4,11-12,15H,1,5,7-10,13H2. The summed E-state index contributed by atoms with van der Waals surface area (Å²) in [5.41, 5.74) is 0.646. The van der Waals surface area contributed by atoms with Gasteiger partial charge in [-0.05, 0) is 24.3 Å². The van der Waals surface area contributed by atoms with Crippen molar-refractivity contribution < 1.29 is 13.6 Å². The third-order valence-corrected chi connectivity index (χ3v) is 7.85. The molecule has 3 heterocycles. The molecule has 5 rings (SSSR count). The van der Waals surface area contributed by atoms with E-state index in [1.54, 1.807) is 15.5 Å². The van der Waals surface area contributed by atoms with Crippen LogP contribution in [0.25, 0.3) is 22.0 Å². The molecule has 0 radical (unpaired) electrons. The monoisotopic (exact) mass is 527 g/mol. The van der Waals surface area contributed by atoms with Crippen LogP contribution in [0.1, 0.15) is 6.42 Å². The number of aryl methyl sites for hydroxylation is 1. The minimum absolute atomic E-state index is 0.112. The molecule has 0 bridgehead atoms. The minimum Gasteiger partial charge on any atom is -0.348 e. The van der Waals surface area contributed by atoms with Gasteiger partial charge in [0.2, 0.25) is 5.91 Å². The van der Waals surface area contributed by atoms with Crippen molar-refractivity contribution in [1.82, 2.24) is 14.5 Å². The Balaban J connectivity index is 1.72. The highest BCUT2D eigenvalue weighted by Gasteiger charge is 2.33. The largest absolute Gasteiger partial charge is 0.350 e. The predicted octanol–water partition coefficient (Wildman–Crippen LogP) is 4.22. The molecule has 2 aliphatic rings. The molecule has 0 aliphatic carbocycles. The number of piperazine rings is 1. The minimum atomic E-state index is -0.751. The molecule has 1 saturated heterocycles. The lowest BCUT2D eigenvalue weighted by Crippen LogP contribution is -2.55. The van der Waals surface area contributed by atoms with Gasteiger partial charge in [0.25, 0.3) is 0 Å². The first-order valence-electron chi connectivity index (χ1n) is 11.2. The van der Waals surface area contributed by atoms with E-state index in [1.807, 2.05) is 4.90 Å². The number of hydrogen-bond donors (Lipinski definition) is 0. The fourth-order valence-electron chi connectivity index (χ4n) is 4.85. The second kappa shape index (κ2) is 9.56. The summed E-state index contributed by atoms with van der Waals surface area (Å²) in [5, 5.41) is 10.3. The van der Waals surface area contributed by atoms with Crippen molar-refractivity contribution in [2.45, 2.75) is 23.9 Å². The molecule has 0 saturated carbocycles. The van der Waals surface area contributed by atoms with E-state index in [2.05, 4.69) is 17.6 Å². The molecule has 1 aromatic heterocycles. The predicted molar refractivity (Wildman–Crippen MR) is 135 cm³/mol. The number of carbonyl (C=O) groups excluding carboxylic acids is 1. The maximum Gasteiger partial charge on any atom is 0.350 e. The van der Waals surface area contributed by atoms with Gasteiger partial charge in [0.05, 0.1) is 29.1 Å². The quantitative estimate of drug-likeness (QED) is 0.473. The first kappa shape index (κ1) is 24.3. The van der Waals surface area contributed by atoms with Crippen LogP contribution >= 0.6 is 23.4 Å². The van der Waals surface area contributed by atoms with E-state index in [0.29, 0.717) is 52.6 Å². The van der Waals surface area contributed by atoms with E-state index < -0.39 is 23.4 Å². The smallest absolute Gasteiger partial charge is 0.348 e. The molecule has 1 unspecified atom stereocenters. The summed E-state index contributed by atoms with van der Waals surface area (Å²) in [7, 11) is 0. The molecule has 1 atom stereocenters. The number of aromatic nitrogens is 2. The van der Waals surface area contributed by atoms with E-state index >= 15 is 0 Å². The van der Waals surface area contributed by atoms with Crippen molar-refractivity contribution in [2.24, 2.45) is 0 Å².